The Labute approximate surface area is 155 Å². The number of oxazole rings is 1. The van der Waals surface area contributed by atoms with Crippen molar-refractivity contribution in [3.63, 3.8) is 0 Å². The van der Waals surface area contributed by atoms with Gasteiger partial charge in [-0.1, -0.05) is 0 Å². The van der Waals surface area contributed by atoms with Gasteiger partial charge in [0.2, 0.25) is 0 Å². The maximum Gasteiger partial charge on any atom is 0.420 e. The average molecular weight is 404 g/mol. The van der Waals surface area contributed by atoms with Gasteiger partial charge in [0.1, 0.15) is 0 Å². The van der Waals surface area contributed by atoms with Crippen molar-refractivity contribution < 1.29 is 36.3 Å². The second kappa shape index (κ2) is 7.28. The van der Waals surface area contributed by atoms with Gasteiger partial charge in [0.15, 0.2) is 5.58 Å². The Morgan fingerprint density at radius 1 is 1.25 bits per heavy atom. The van der Waals surface area contributed by atoms with Crippen molar-refractivity contribution in [1.29, 1.82) is 0 Å². The van der Waals surface area contributed by atoms with Crippen LogP contribution in [0.5, 0.6) is 0 Å². The molecule has 0 aliphatic carbocycles. The number of hydrogen-bond acceptors (Lipinski definition) is 5. The molecular formula is C17H16F4N2O5. The van der Waals surface area contributed by atoms with Crippen LogP contribution in [0.15, 0.2) is 27.4 Å². The van der Waals surface area contributed by atoms with Crippen molar-refractivity contribution in [3.05, 3.63) is 34.3 Å². The molecule has 1 aliphatic heterocycles. The molecule has 3 rings (SSSR count). The minimum absolute atomic E-state index is 0.0854. The Morgan fingerprint density at radius 3 is 2.46 bits per heavy atom. The summed E-state index contributed by atoms with van der Waals surface area (Å²) in [7, 11) is 1.21. The fraction of sp³-hybridized carbons (Fsp3) is 0.471. The number of ether oxygens (including phenoxy) is 1. The molecule has 0 bridgehead atoms. The van der Waals surface area contributed by atoms with Gasteiger partial charge in [0.25, 0.3) is 5.91 Å². The number of methoxy groups -OCH3 is 1. The second-order valence-electron chi connectivity index (χ2n) is 6.36. The highest BCUT2D eigenvalue weighted by atomic mass is 19.3. The van der Waals surface area contributed by atoms with Crippen LogP contribution >= 0.6 is 0 Å². The molecule has 28 heavy (non-hydrogen) atoms. The van der Waals surface area contributed by atoms with E-state index in [1.54, 1.807) is 0 Å². The smallest absolute Gasteiger partial charge is 0.420 e. The number of amides is 1. The summed E-state index contributed by atoms with van der Waals surface area (Å²) in [6.07, 6.45) is -3.92. The van der Waals surface area contributed by atoms with E-state index in [0.29, 0.717) is 10.4 Å². The number of likely N-dealkylation sites (tertiary alicyclic amines) is 1. The van der Waals surface area contributed by atoms with Crippen molar-refractivity contribution in [1.82, 2.24) is 9.47 Å². The molecule has 1 aromatic carbocycles. The summed E-state index contributed by atoms with van der Waals surface area (Å²) in [5.41, 5.74) is 0.727. The first-order chi connectivity index (χ1) is 13.2. The highest BCUT2D eigenvalue weighted by Gasteiger charge is 2.51. The lowest BCUT2D eigenvalue weighted by atomic mass is 10.0. The summed E-state index contributed by atoms with van der Waals surface area (Å²) in [6, 6.07) is 3.76. The number of esters is 1. The van der Waals surface area contributed by atoms with Crippen molar-refractivity contribution in [3.8, 4) is 0 Å². The molecule has 11 heteroatoms. The first-order valence-corrected chi connectivity index (χ1v) is 8.35. The fourth-order valence-electron chi connectivity index (χ4n) is 3.26. The lowest BCUT2D eigenvalue weighted by Gasteiger charge is -2.34. The predicted molar refractivity (Wildman–Crippen MR) is 87.6 cm³/mol. The van der Waals surface area contributed by atoms with Crippen LogP contribution in [0.1, 0.15) is 29.2 Å². The molecule has 2 heterocycles. The molecule has 0 radical (unpaired) electrons. The molecule has 0 atom stereocenters. The highest BCUT2D eigenvalue weighted by molar-refractivity contribution is 5.93. The van der Waals surface area contributed by atoms with E-state index >= 15 is 0 Å². The molecular weight excluding hydrogens is 388 g/mol. The van der Waals surface area contributed by atoms with E-state index in [9.17, 15) is 31.9 Å². The Kier molecular flexibility index (Phi) is 5.18. The Morgan fingerprint density at radius 2 is 1.89 bits per heavy atom. The Bertz CT molecular complexity index is 960. The highest BCUT2D eigenvalue weighted by Crippen LogP contribution is 2.30. The van der Waals surface area contributed by atoms with E-state index in [-0.39, 0.29) is 37.1 Å². The van der Waals surface area contributed by atoms with Crippen LogP contribution in [0.2, 0.25) is 0 Å². The van der Waals surface area contributed by atoms with Crippen LogP contribution in [0, 0.1) is 0 Å². The van der Waals surface area contributed by atoms with E-state index in [2.05, 4.69) is 4.74 Å². The number of carbonyl (C=O) groups excluding carboxylic acids is 2. The molecule has 0 unspecified atom stereocenters. The lowest BCUT2D eigenvalue weighted by molar-refractivity contribution is -0.181. The number of hydrogen-bond donors (Lipinski definition) is 0. The van der Waals surface area contributed by atoms with Gasteiger partial charge in [-0.25, -0.2) is 18.4 Å². The van der Waals surface area contributed by atoms with Crippen molar-refractivity contribution >= 4 is 23.0 Å². The summed E-state index contributed by atoms with van der Waals surface area (Å²) < 4.78 is 62.3. The van der Waals surface area contributed by atoms with Crippen LogP contribution in [0.4, 0.5) is 17.6 Å². The second-order valence-corrected chi connectivity index (χ2v) is 6.36. The van der Waals surface area contributed by atoms with Gasteiger partial charge in [-0.3, -0.25) is 9.36 Å². The van der Waals surface area contributed by atoms with Gasteiger partial charge < -0.3 is 14.1 Å². The number of rotatable bonds is 4. The number of fused-ring (bicyclic) bond motifs is 1. The zero-order chi connectivity index (χ0) is 20.6. The third kappa shape index (κ3) is 3.36. The number of alkyl halides is 4. The summed E-state index contributed by atoms with van der Waals surface area (Å²) in [6.45, 7) is -0.441. The van der Waals surface area contributed by atoms with E-state index in [0.717, 1.165) is 0 Å². The first-order valence-electron chi connectivity index (χ1n) is 8.35. The Balaban J connectivity index is 1.84. The largest absolute Gasteiger partial charge is 0.465 e. The van der Waals surface area contributed by atoms with Crippen LogP contribution in [0.25, 0.3) is 11.1 Å². The molecule has 1 aromatic heterocycles. The minimum atomic E-state index is -4.75. The molecule has 1 saturated heterocycles. The monoisotopic (exact) mass is 404 g/mol. The number of halogens is 4. The molecule has 1 aliphatic rings. The minimum Gasteiger partial charge on any atom is -0.465 e. The number of carbonyl (C=O) groups is 2. The van der Waals surface area contributed by atoms with E-state index in [1.807, 2.05) is 0 Å². The number of piperidine rings is 1. The molecule has 0 N–H and O–H groups in total. The van der Waals surface area contributed by atoms with Crippen molar-refractivity contribution in [2.75, 3.05) is 20.2 Å². The average Bonchev–Trinajstić information content (AvgIpc) is 3.01. The molecule has 152 valence electrons. The molecule has 7 nitrogen and oxygen atoms in total. The number of aromatic nitrogens is 1. The standard InChI is InChI=1S/C17H16F4N2O5/c1-27-13(24)9-2-3-12-11(8-9)23(16(26)28-12)10-4-6-22(7-5-10)15(25)17(20,21)14(18)19/h2-3,8,10,14H,4-7H2,1H3. The normalized spacial score (nSPS) is 16.0. The fourth-order valence-corrected chi connectivity index (χ4v) is 3.26. The molecule has 1 fully saturated rings. The number of nitrogens with zero attached hydrogens (tertiary/aromatic N) is 2. The van der Waals surface area contributed by atoms with Gasteiger partial charge in [-0.15, -0.1) is 0 Å². The van der Waals surface area contributed by atoms with Gasteiger partial charge in [0, 0.05) is 19.1 Å². The van der Waals surface area contributed by atoms with E-state index in [4.69, 9.17) is 4.42 Å². The Hall–Kier alpha value is -2.85. The molecule has 1 amide bonds. The third-order valence-electron chi connectivity index (χ3n) is 4.71. The zero-order valence-electron chi connectivity index (χ0n) is 14.7. The topological polar surface area (TPSA) is 81.8 Å². The lowest BCUT2D eigenvalue weighted by Crippen LogP contribution is -2.50. The van der Waals surface area contributed by atoms with E-state index < -0.39 is 36.0 Å². The summed E-state index contributed by atoms with van der Waals surface area (Å²) in [5.74, 6) is -8.00. The summed E-state index contributed by atoms with van der Waals surface area (Å²) in [5, 5.41) is 0. The van der Waals surface area contributed by atoms with Gasteiger partial charge in [0.05, 0.1) is 18.2 Å². The van der Waals surface area contributed by atoms with Crippen LogP contribution in [-0.4, -0.2) is 53.9 Å². The van der Waals surface area contributed by atoms with Gasteiger partial charge in [-0.05, 0) is 31.0 Å². The van der Waals surface area contributed by atoms with Gasteiger partial charge >= 0.3 is 24.1 Å². The van der Waals surface area contributed by atoms with Crippen LogP contribution in [0.3, 0.4) is 0 Å². The molecule has 2 aromatic rings. The maximum absolute atomic E-state index is 13.3. The van der Waals surface area contributed by atoms with Crippen molar-refractivity contribution in [2.24, 2.45) is 0 Å². The predicted octanol–water partition coefficient (Wildman–Crippen LogP) is 2.45. The molecule has 0 saturated carbocycles. The quantitative estimate of drug-likeness (QED) is 0.578. The zero-order valence-corrected chi connectivity index (χ0v) is 14.7. The SMILES string of the molecule is COC(=O)c1ccc2oc(=O)n(C3CCN(C(=O)C(F)(F)C(F)F)CC3)c2c1. The maximum atomic E-state index is 13.3. The van der Waals surface area contributed by atoms with E-state index in [1.165, 1.54) is 29.9 Å². The summed E-state index contributed by atoms with van der Waals surface area (Å²) in [4.78, 5) is 36.2. The third-order valence-corrected chi connectivity index (χ3v) is 4.71. The van der Waals surface area contributed by atoms with Gasteiger partial charge in [-0.2, -0.15) is 8.78 Å². The summed E-state index contributed by atoms with van der Waals surface area (Å²) >= 11 is 0. The van der Waals surface area contributed by atoms with Crippen LogP contribution < -0.4 is 5.76 Å². The van der Waals surface area contributed by atoms with Crippen LogP contribution in [-0.2, 0) is 9.53 Å². The number of benzene rings is 1. The first kappa shape index (κ1) is 19.9. The molecule has 0 spiro atoms. The van der Waals surface area contributed by atoms with Crippen molar-refractivity contribution in [2.45, 2.75) is 31.2 Å².